The molecule has 5 heteroatoms. The highest BCUT2D eigenvalue weighted by Gasteiger charge is 2.18. The number of nitrogen functional groups attached to an aromatic ring is 1. The van der Waals surface area contributed by atoms with Crippen LogP contribution in [0.1, 0.15) is 16.1 Å². The number of carbonyl (C=O) groups is 1. The molecule has 2 aromatic rings. The number of hydrogen-bond donors (Lipinski definition) is 1. The minimum atomic E-state index is -0.128. The summed E-state index contributed by atoms with van der Waals surface area (Å²) in [6.07, 6.45) is 1.49. The number of aromatic nitrogens is 2. The van der Waals surface area contributed by atoms with Crippen LogP contribution in [0.15, 0.2) is 36.5 Å². The summed E-state index contributed by atoms with van der Waals surface area (Å²) in [5.41, 5.74) is 7.65. The Hall–Kier alpha value is -2.30. The largest absolute Gasteiger partial charge is 0.396 e. The van der Waals surface area contributed by atoms with Crippen molar-refractivity contribution in [1.82, 2.24) is 14.7 Å². The van der Waals surface area contributed by atoms with Gasteiger partial charge in [-0.05, 0) is 5.56 Å². The molecule has 1 heterocycles. The molecule has 1 amide bonds. The monoisotopic (exact) mass is 244 g/mol. The van der Waals surface area contributed by atoms with E-state index in [1.54, 1.807) is 19.0 Å². The number of benzene rings is 1. The number of anilines is 1. The minimum Gasteiger partial charge on any atom is -0.396 e. The van der Waals surface area contributed by atoms with Gasteiger partial charge in [-0.1, -0.05) is 30.3 Å². The molecule has 0 unspecified atom stereocenters. The van der Waals surface area contributed by atoms with E-state index in [-0.39, 0.29) is 5.91 Å². The molecule has 0 radical (unpaired) electrons. The molecule has 0 saturated carbocycles. The van der Waals surface area contributed by atoms with Gasteiger partial charge in [-0.3, -0.25) is 9.48 Å². The zero-order chi connectivity index (χ0) is 13.1. The van der Waals surface area contributed by atoms with Crippen molar-refractivity contribution in [3.05, 3.63) is 47.8 Å². The Kier molecular flexibility index (Phi) is 3.32. The lowest BCUT2D eigenvalue weighted by molar-refractivity contribution is 0.0775. The molecule has 0 spiro atoms. The Bertz CT molecular complexity index is 528. The Labute approximate surface area is 106 Å². The van der Waals surface area contributed by atoms with Gasteiger partial charge in [-0.2, -0.15) is 5.10 Å². The van der Waals surface area contributed by atoms with Gasteiger partial charge < -0.3 is 10.6 Å². The molecule has 1 aromatic heterocycles. The van der Waals surface area contributed by atoms with Crippen LogP contribution in [0.5, 0.6) is 0 Å². The Morgan fingerprint density at radius 3 is 2.61 bits per heavy atom. The first-order chi connectivity index (χ1) is 8.59. The molecule has 2 N–H and O–H groups in total. The fourth-order valence-electron chi connectivity index (χ4n) is 1.83. The van der Waals surface area contributed by atoms with Gasteiger partial charge in [-0.15, -0.1) is 0 Å². The first kappa shape index (κ1) is 12.2. The average Bonchev–Trinajstić information content (AvgIpc) is 2.69. The lowest BCUT2D eigenvalue weighted by Gasteiger charge is -2.17. The third-order valence-corrected chi connectivity index (χ3v) is 2.78. The molecular weight excluding hydrogens is 228 g/mol. The summed E-state index contributed by atoms with van der Waals surface area (Å²) in [7, 11) is 3.46. The third kappa shape index (κ3) is 2.34. The lowest BCUT2D eigenvalue weighted by Crippen LogP contribution is -2.28. The Morgan fingerprint density at radius 2 is 2.06 bits per heavy atom. The van der Waals surface area contributed by atoms with Crippen LogP contribution in [-0.4, -0.2) is 27.6 Å². The van der Waals surface area contributed by atoms with Crippen molar-refractivity contribution >= 4 is 11.6 Å². The van der Waals surface area contributed by atoms with Gasteiger partial charge in [0, 0.05) is 20.6 Å². The summed E-state index contributed by atoms with van der Waals surface area (Å²) in [4.78, 5) is 13.9. The van der Waals surface area contributed by atoms with Gasteiger partial charge in [0.1, 0.15) is 5.69 Å². The summed E-state index contributed by atoms with van der Waals surface area (Å²) in [6, 6.07) is 9.81. The van der Waals surface area contributed by atoms with Crippen molar-refractivity contribution in [1.29, 1.82) is 0 Å². The van der Waals surface area contributed by atoms with Gasteiger partial charge in [0.05, 0.1) is 11.9 Å². The minimum absolute atomic E-state index is 0.128. The number of hydrogen-bond acceptors (Lipinski definition) is 3. The molecule has 94 valence electrons. The molecule has 0 aliphatic rings. The topological polar surface area (TPSA) is 64.2 Å². The molecule has 0 saturated heterocycles. The van der Waals surface area contributed by atoms with Crippen LogP contribution >= 0.6 is 0 Å². The predicted molar refractivity (Wildman–Crippen MR) is 69.9 cm³/mol. The van der Waals surface area contributed by atoms with Crippen LogP contribution < -0.4 is 5.73 Å². The molecule has 5 nitrogen and oxygen atoms in total. The van der Waals surface area contributed by atoms with Crippen LogP contribution in [-0.2, 0) is 13.6 Å². The lowest BCUT2D eigenvalue weighted by atomic mass is 10.2. The number of nitrogens with two attached hydrogens (primary N) is 1. The van der Waals surface area contributed by atoms with E-state index in [0.717, 1.165) is 5.56 Å². The first-order valence-corrected chi connectivity index (χ1v) is 5.66. The second-order valence-electron chi connectivity index (χ2n) is 4.22. The Morgan fingerprint density at radius 1 is 1.39 bits per heavy atom. The standard InChI is InChI=1S/C13H16N4O/c1-16(9-10-6-4-3-5-7-10)13(18)12-11(14)8-15-17(12)2/h3-8H,9,14H2,1-2H3. The molecule has 0 aliphatic heterocycles. The van der Waals surface area contributed by atoms with Crippen molar-refractivity contribution in [3.63, 3.8) is 0 Å². The zero-order valence-electron chi connectivity index (χ0n) is 10.5. The molecule has 0 atom stereocenters. The quantitative estimate of drug-likeness (QED) is 0.884. The molecule has 0 bridgehead atoms. The molecule has 18 heavy (non-hydrogen) atoms. The van der Waals surface area contributed by atoms with Gasteiger partial charge in [0.25, 0.3) is 5.91 Å². The third-order valence-electron chi connectivity index (χ3n) is 2.78. The molecule has 2 rings (SSSR count). The van der Waals surface area contributed by atoms with Crippen molar-refractivity contribution in [2.24, 2.45) is 7.05 Å². The highest BCUT2D eigenvalue weighted by atomic mass is 16.2. The maximum absolute atomic E-state index is 12.2. The SMILES string of the molecule is CN(Cc1ccccc1)C(=O)c1c(N)cnn1C. The number of amides is 1. The van der Waals surface area contributed by atoms with Gasteiger partial charge >= 0.3 is 0 Å². The highest BCUT2D eigenvalue weighted by molar-refractivity contribution is 5.97. The second-order valence-corrected chi connectivity index (χ2v) is 4.22. The molecule has 1 aromatic carbocycles. The highest BCUT2D eigenvalue weighted by Crippen LogP contribution is 2.13. The molecule has 0 fully saturated rings. The van der Waals surface area contributed by atoms with Crippen LogP contribution in [0.2, 0.25) is 0 Å². The Balaban J connectivity index is 2.15. The van der Waals surface area contributed by atoms with E-state index in [9.17, 15) is 4.79 Å². The van der Waals surface area contributed by atoms with Crippen LogP contribution in [0.4, 0.5) is 5.69 Å². The number of carbonyl (C=O) groups excluding carboxylic acids is 1. The van der Waals surface area contributed by atoms with Crippen LogP contribution in [0, 0.1) is 0 Å². The van der Waals surface area contributed by atoms with E-state index in [1.807, 2.05) is 30.3 Å². The normalized spacial score (nSPS) is 10.3. The average molecular weight is 244 g/mol. The van der Waals surface area contributed by atoms with E-state index in [4.69, 9.17) is 5.73 Å². The van der Waals surface area contributed by atoms with E-state index in [2.05, 4.69) is 5.10 Å². The van der Waals surface area contributed by atoms with Gasteiger partial charge in [-0.25, -0.2) is 0 Å². The fourth-order valence-corrected chi connectivity index (χ4v) is 1.83. The maximum atomic E-state index is 12.2. The van der Waals surface area contributed by atoms with Crippen molar-refractivity contribution in [3.8, 4) is 0 Å². The van der Waals surface area contributed by atoms with Crippen LogP contribution in [0.3, 0.4) is 0 Å². The van der Waals surface area contributed by atoms with Gasteiger partial charge in [0.2, 0.25) is 0 Å². The fraction of sp³-hybridized carbons (Fsp3) is 0.231. The smallest absolute Gasteiger partial charge is 0.274 e. The number of rotatable bonds is 3. The molecule has 0 aliphatic carbocycles. The predicted octanol–water partition coefficient (Wildman–Crippen LogP) is 1.27. The van der Waals surface area contributed by atoms with Crippen molar-refractivity contribution in [2.45, 2.75) is 6.54 Å². The van der Waals surface area contributed by atoms with Crippen molar-refractivity contribution in [2.75, 3.05) is 12.8 Å². The molecular formula is C13H16N4O. The first-order valence-electron chi connectivity index (χ1n) is 5.66. The zero-order valence-corrected chi connectivity index (χ0v) is 10.5. The summed E-state index contributed by atoms with van der Waals surface area (Å²) >= 11 is 0. The van der Waals surface area contributed by atoms with Crippen LogP contribution in [0.25, 0.3) is 0 Å². The number of aryl methyl sites for hydroxylation is 1. The number of nitrogens with zero attached hydrogens (tertiary/aromatic N) is 3. The summed E-state index contributed by atoms with van der Waals surface area (Å²) in [5.74, 6) is -0.128. The van der Waals surface area contributed by atoms with E-state index >= 15 is 0 Å². The summed E-state index contributed by atoms with van der Waals surface area (Å²) in [5, 5.41) is 3.97. The summed E-state index contributed by atoms with van der Waals surface area (Å²) < 4.78 is 1.50. The van der Waals surface area contributed by atoms with Crippen molar-refractivity contribution < 1.29 is 4.79 Å². The van der Waals surface area contributed by atoms with E-state index in [0.29, 0.717) is 17.9 Å². The maximum Gasteiger partial charge on any atom is 0.274 e. The van der Waals surface area contributed by atoms with E-state index in [1.165, 1.54) is 10.9 Å². The second kappa shape index (κ2) is 4.91. The van der Waals surface area contributed by atoms with Gasteiger partial charge in [0.15, 0.2) is 0 Å². The van der Waals surface area contributed by atoms with E-state index < -0.39 is 0 Å². The summed E-state index contributed by atoms with van der Waals surface area (Å²) in [6.45, 7) is 0.546.